The van der Waals surface area contributed by atoms with E-state index in [1.54, 1.807) is 13.0 Å². The number of fused-ring (bicyclic) bond motifs is 1. The third kappa shape index (κ3) is 1.94. The Bertz CT molecular complexity index is 414. The minimum Gasteiger partial charge on any atom is -0.481 e. The number of rotatable bonds is 2. The number of carboxylic acid groups (broad SMARTS) is 1. The lowest BCUT2D eigenvalue weighted by Crippen LogP contribution is -2.26. The third-order valence-electron chi connectivity index (χ3n) is 3.56. The van der Waals surface area contributed by atoms with Crippen molar-refractivity contribution in [2.45, 2.75) is 26.2 Å². The van der Waals surface area contributed by atoms with Gasteiger partial charge in [-0.05, 0) is 42.4 Å². The number of aliphatic carboxylic acids is 1. The fraction of sp³-hybridized carbons (Fsp3) is 0.462. The molecule has 0 saturated heterocycles. The predicted molar refractivity (Wildman–Crippen MR) is 58.7 cm³/mol. The van der Waals surface area contributed by atoms with Gasteiger partial charge in [-0.15, -0.1) is 0 Å². The van der Waals surface area contributed by atoms with Gasteiger partial charge in [-0.25, -0.2) is 4.39 Å². The molecule has 86 valence electrons. The van der Waals surface area contributed by atoms with Crippen LogP contribution in [0.4, 0.5) is 4.39 Å². The van der Waals surface area contributed by atoms with Crippen molar-refractivity contribution in [2.75, 3.05) is 0 Å². The maximum Gasteiger partial charge on any atom is 0.306 e. The van der Waals surface area contributed by atoms with Crippen LogP contribution in [-0.2, 0) is 17.6 Å². The zero-order valence-electron chi connectivity index (χ0n) is 9.24. The largest absolute Gasteiger partial charge is 0.481 e. The Morgan fingerprint density at radius 1 is 1.56 bits per heavy atom. The summed E-state index contributed by atoms with van der Waals surface area (Å²) in [5, 5.41) is 8.96. The molecular weight excluding hydrogens is 207 g/mol. The molecule has 0 radical (unpaired) electrons. The molecule has 0 aromatic heterocycles. The molecule has 1 aliphatic rings. The summed E-state index contributed by atoms with van der Waals surface area (Å²) in [5.74, 6) is -1.13. The van der Waals surface area contributed by atoms with Gasteiger partial charge in [-0.2, -0.15) is 0 Å². The quantitative estimate of drug-likeness (QED) is 0.835. The molecule has 1 N–H and O–H groups in total. The van der Waals surface area contributed by atoms with Crippen molar-refractivity contribution in [3.05, 3.63) is 35.1 Å². The van der Waals surface area contributed by atoms with Gasteiger partial charge >= 0.3 is 5.97 Å². The molecule has 0 heterocycles. The van der Waals surface area contributed by atoms with Crippen molar-refractivity contribution in [2.24, 2.45) is 11.8 Å². The van der Waals surface area contributed by atoms with E-state index in [0.29, 0.717) is 12.8 Å². The smallest absolute Gasteiger partial charge is 0.306 e. The van der Waals surface area contributed by atoms with E-state index >= 15 is 0 Å². The third-order valence-corrected chi connectivity index (χ3v) is 3.56. The van der Waals surface area contributed by atoms with E-state index in [1.165, 1.54) is 6.07 Å². The zero-order chi connectivity index (χ0) is 11.7. The van der Waals surface area contributed by atoms with E-state index < -0.39 is 5.97 Å². The highest BCUT2D eigenvalue weighted by atomic mass is 19.1. The highest BCUT2D eigenvalue weighted by Gasteiger charge is 2.28. The maximum absolute atomic E-state index is 13.4. The molecule has 0 spiro atoms. The first-order valence-corrected chi connectivity index (χ1v) is 5.58. The second kappa shape index (κ2) is 4.24. The van der Waals surface area contributed by atoms with Crippen LogP contribution in [0.25, 0.3) is 0 Å². The topological polar surface area (TPSA) is 37.3 Å². The summed E-state index contributed by atoms with van der Waals surface area (Å²) in [6.07, 6.45) is 2.10. The van der Waals surface area contributed by atoms with Crippen molar-refractivity contribution in [3.63, 3.8) is 0 Å². The molecule has 0 fully saturated rings. The molecule has 1 aromatic carbocycles. The van der Waals surface area contributed by atoms with E-state index in [4.69, 9.17) is 5.11 Å². The van der Waals surface area contributed by atoms with Crippen LogP contribution in [0.2, 0.25) is 0 Å². The van der Waals surface area contributed by atoms with Crippen molar-refractivity contribution in [3.8, 4) is 0 Å². The number of carboxylic acids is 1. The molecule has 2 atom stereocenters. The molecule has 1 aromatic rings. The van der Waals surface area contributed by atoms with Gasteiger partial charge in [-0.1, -0.05) is 19.1 Å². The van der Waals surface area contributed by atoms with Gasteiger partial charge < -0.3 is 5.11 Å². The first-order chi connectivity index (χ1) is 7.59. The SMILES string of the molecule is CC(C(=O)O)C1CCc2c(F)cccc2C1. The number of hydrogen-bond donors (Lipinski definition) is 1. The normalized spacial score (nSPS) is 21.2. The van der Waals surface area contributed by atoms with Gasteiger partial charge in [0.25, 0.3) is 0 Å². The molecule has 2 nitrogen and oxygen atoms in total. The standard InChI is InChI=1S/C13H15FO2/c1-8(13(15)16)9-5-6-11-10(7-9)3-2-4-12(11)14/h2-4,8-9H,5-7H2,1H3,(H,15,16). The highest BCUT2D eigenvalue weighted by molar-refractivity contribution is 5.70. The van der Waals surface area contributed by atoms with Gasteiger partial charge in [0, 0.05) is 0 Å². The monoisotopic (exact) mass is 222 g/mol. The fourth-order valence-corrected chi connectivity index (χ4v) is 2.42. The maximum atomic E-state index is 13.4. The minimum atomic E-state index is -0.759. The average molecular weight is 222 g/mol. The van der Waals surface area contributed by atoms with Crippen LogP contribution in [0, 0.1) is 17.7 Å². The Balaban J connectivity index is 2.21. The second-order valence-corrected chi connectivity index (χ2v) is 4.51. The molecule has 0 saturated carbocycles. The summed E-state index contributed by atoms with van der Waals surface area (Å²) in [5.41, 5.74) is 1.75. The van der Waals surface area contributed by atoms with Gasteiger partial charge in [0.2, 0.25) is 0 Å². The molecule has 16 heavy (non-hydrogen) atoms. The van der Waals surface area contributed by atoms with Crippen LogP contribution in [0.5, 0.6) is 0 Å². The number of halogens is 1. The number of hydrogen-bond acceptors (Lipinski definition) is 1. The predicted octanol–water partition coefficient (Wildman–Crippen LogP) is 2.65. The Morgan fingerprint density at radius 3 is 3.00 bits per heavy atom. The molecule has 1 aliphatic carbocycles. The number of benzene rings is 1. The Morgan fingerprint density at radius 2 is 2.31 bits per heavy atom. The molecular formula is C13H15FO2. The van der Waals surface area contributed by atoms with Crippen LogP contribution >= 0.6 is 0 Å². The Labute approximate surface area is 94.1 Å². The summed E-state index contributed by atoms with van der Waals surface area (Å²) < 4.78 is 13.4. The molecule has 0 amide bonds. The Kier molecular flexibility index (Phi) is 2.95. The summed E-state index contributed by atoms with van der Waals surface area (Å²) in [4.78, 5) is 10.9. The van der Waals surface area contributed by atoms with E-state index in [1.807, 2.05) is 6.07 Å². The van der Waals surface area contributed by atoms with E-state index in [2.05, 4.69) is 0 Å². The van der Waals surface area contributed by atoms with Crippen LogP contribution in [0.1, 0.15) is 24.5 Å². The van der Waals surface area contributed by atoms with Crippen LogP contribution < -0.4 is 0 Å². The molecule has 2 unspecified atom stereocenters. The lowest BCUT2D eigenvalue weighted by molar-refractivity contribution is -0.143. The van der Waals surface area contributed by atoms with Gasteiger partial charge in [0.1, 0.15) is 5.82 Å². The van der Waals surface area contributed by atoms with Crippen molar-refractivity contribution in [1.29, 1.82) is 0 Å². The second-order valence-electron chi connectivity index (χ2n) is 4.51. The first-order valence-electron chi connectivity index (χ1n) is 5.58. The molecule has 0 aliphatic heterocycles. The lowest BCUT2D eigenvalue weighted by atomic mass is 9.77. The fourth-order valence-electron chi connectivity index (χ4n) is 2.42. The van der Waals surface area contributed by atoms with Crippen molar-refractivity contribution in [1.82, 2.24) is 0 Å². The first kappa shape index (κ1) is 11.1. The van der Waals surface area contributed by atoms with E-state index in [9.17, 15) is 9.18 Å². The van der Waals surface area contributed by atoms with Crippen molar-refractivity contribution < 1.29 is 14.3 Å². The van der Waals surface area contributed by atoms with Crippen LogP contribution in [0.15, 0.2) is 18.2 Å². The van der Waals surface area contributed by atoms with Gasteiger partial charge in [0.15, 0.2) is 0 Å². The van der Waals surface area contributed by atoms with Crippen LogP contribution in [0.3, 0.4) is 0 Å². The van der Waals surface area contributed by atoms with E-state index in [-0.39, 0.29) is 17.7 Å². The number of carbonyl (C=O) groups is 1. The molecule has 3 heteroatoms. The van der Waals surface area contributed by atoms with Gasteiger partial charge in [-0.3, -0.25) is 4.79 Å². The average Bonchev–Trinajstić information content (AvgIpc) is 2.28. The Hall–Kier alpha value is -1.38. The summed E-state index contributed by atoms with van der Waals surface area (Å²) >= 11 is 0. The zero-order valence-corrected chi connectivity index (χ0v) is 9.24. The van der Waals surface area contributed by atoms with Gasteiger partial charge in [0.05, 0.1) is 5.92 Å². The minimum absolute atomic E-state index is 0.131. The van der Waals surface area contributed by atoms with Crippen LogP contribution in [-0.4, -0.2) is 11.1 Å². The highest BCUT2D eigenvalue weighted by Crippen LogP contribution is 2.31. The lowest BCUT2D eigenvalue weighted by Gasteiger charge is -2.27. The summed E-state index contributed by atoms with van der Waals surface area (Å²) in [6, 6.07) is 5.07. The van der Waals surface area contributed by atoms with E-state index in [0.717, 1.165) is 17.5 Å². The van der Waals surface area contributed by atoms with Crippen molar-refractivity contribution >= 4 is 5.97 Å². The summed E-state index contributed by atoms with van der Waals surface area (Å²) in [7, 11) is 0. The summed E-state index contributed by atoms with van der Waals surface area (Å²) in [6.45, 7) is 1.73. The molecule has 2 rings (SSSR count). The molecule has 0 bridgehead atoms.